The molecule has 2 aromatic heterocycles. The monoisotopic (exact) mass is 587 g/mol. The summed E-state index contributed by atoms with van der Waals surface area (Å²) in [5.74, 6) is 2.91. The molecule has 5 nitrogen and oxygen atoms in total. The Bertz CT molecular complexity index is 2380. The van der Waals surface area contributed by atoms with E-state index in [1.54, 1.807) is 0 Å². The van der Waals surface area contributed by atoms with Crippen LogP contribution >= 0.6 is 0 Å². The maximum atomic E-state index is 5.42. The molecule has 0 amide bonds. The van der Waals surface area contributed by atoms with Gasteiger partial charge in [-0.2, -0.15) is 0 Å². The first kappa shape index (κ1) is 25.2. The van der Waals surface area contributed by atoms with Gasteiger partial charge in [0.2, 0.25) is 0 Å². The van der Waals surface area contributed by atoms with Gasteiger partial charge in [0.25, 0.3) is 0 Å². The van der Waals surface area contributed by atoms with Gasteiger partial charge in [-0.15, -0.1) is 0 Å². The first-order valence-corrected chi connectivity index (χ1v) is 15.5. The van der Waals surface area contributed by atoms with E-state index >= 15 is 0 Å². The van der Waals surface area contributed by atoms with Crippen LogP contribution in [0, 0.1) is 0 Å². The summed E-state index contributed by atoms with van der Waals surface area (Å²) in [5.41, 5.74) is 11.5. The summed E-state index contributed by atoms with van der Waals surface area (Å²) in [6.07, 6.45) is 0. The van der Waals surface area contributed by atoms with Gasteiger partial charge in [-0.3, -0.25) is 4.57 Å². The van der Waals surface area contributed by atoms with E-state index in [1.165, 1.54) is 27.8 Å². The third-order valence-corrected chi connectivity index (χ3v) is 9.45. The fourth-order valence-electron chi connectivity index (χ4n) is 7.59. The average Bonchev–Trinajstić information content (AvgIpc) is 3.76. The van der Waals surface area contributed by atoms with Crippen LogP contribution in [0.2, 0.25) is 0 Å². The van der Waals surface area contributed by atoms with Gasteiger partial charge >= 0.3 is 0 Å². The molecule has 0 unspecified atom stereocenters. The van der Waals surface area contributed by atoms with Crippen molar-refractivity contribution in [1.29, 1.82) is 0 Å². The van der Waals surface area contributed by atoms with Crippen LogP contribution in [0.1, 0.15) is 22.5 Å². The molecule has 3 heterocycles. The van der Waals surface area contributed by atoms with Crippen molar-refractivity contribution in [3.05, 3.63) is 174 Å². The van der Waals surface area contributed by atoms with Crippen LogP contribution in [0.5, 0.6) is 0 Å². The Labute approximate surface area is 265 Å². The standard InChI is InChI=1S/C41H25N5/c1-3-14-26(15-4-1)37-43-38(27-16-5-2-6-17-27)45-39(44-37)30-20-13-23-33-36(30)46-35-25-12-11-24-34(35)42-40(46)41(33)31-21-9-7-18-28(31)29-19-8-10-22-32(29)41/h1-25H. The molecule has 214 valence electrons. The van der Waals surface area contributed by atoms with Crippen LogP contribution in [-0.4, -0.2) is 24.5 Å². The number of nitrogens with zero attached hydrogens (tertiary/aromatic N) is 5. The maximum absolute atomic E-state index is 5.42. The molecule has 2 aliphatic rings. The number of hydrogen-bond donors (Lipinski definition) is 0. The Morgan fingerprint density at radius 3 is 1.54 bits per heavy atom. The Morgan fingerprint density at radius 1 is 0.391 bits per heavy atom. The SMILES string of the molecule is c1ccc(-c2nc(-c3ccccc3)nc(-c3cccc4c3-n3c(nc5ccccc53)C43c4ccccc4-c4ccccc43)n2)cc1. The smallest absolute Gasteiger partial charge is 0.166 e. The third kappa shape index (κ3) is 3.29. The highest BCUT2D eigenvalue weighted by atomic mass is 15.1. The first-order valence-electron chi connectivity index (χ1n) is 15.5. The molecule has 0 atom stereocenters. The molecule has 1 aliphatic heterocycles. The zero-order chi connectivity index (χ0) is 30.2. The van der Waals surface area contributed by atoms with Crippen molar-refractivity contribution < 1.29 is 0 Å². The van der Waals surface area contributed by atoms with Gasteiger partial charge in [0.1, 0.15) is 11.2 Å². The summed E-state index contributed by atoms with van der Waals surface area (Å²) in [5, 5.41) is 0. The fourth-order valence-corrected chi connectivity index (χ4v) is 7.59. The Hall–Kier alpha value is -6.20. The van der Waals surface area contributed by atoms with E-state index in [4.69, 9.17) is 19.9 Å². The topological polar surface area (TPSA) is 56.5 Å². The lowest BCUT2D eigenvalue weighted by Gasteiger charge is -2.27. The van der Waals surface area contributed by atoms with Gasteiger partial charge in [0.15, 0.2) is 17.5 Å². The predicted molar refractivity (Wildman–Crippen MR) is 182 cm³/mol. The number of imidazole rings is 1. The molecule has 1 spiro atoms. The van der Waals surface area contributed by atoms with E-state index in [1.807, 2.05) is 60.7 Å². The van der Waals surface area contributed by atoms with Gasteiger partial charge in [-0.25, -0.2) is 19.9 Å². The van der Waals surface area contributed by atoms with Crippen LogP contribution in [0.25, 0.3) is 62.0 Å². The number of aromatic nitrogens is 5. The van der Waals surface area contributed by atoms with Crippen molar-refractivity contribution in [2.45, 2.75) is 5.41 Å². The molecule has 46 heavy (non-hydrogen) atoms. The summed E-state index contributed by atoms with van der Waals surface area (Å²) >= 11 is 0. The lowest BCUT2D eigenvalue weighted by atomic mass is 9.72. The average molecular weight is 588 g/mol. The molecule has 0 saturated heterocycles. The van der Waals surface area contributed by atoms with Crippen LogP contribution in [-0.2, 0) is 5.41 Å². The first-order chi connectivity index (χ1) is 22.8. The van der Waals surface area contributed by atoms with Crippen LogP contribution in [0.3, 0.4) is 0 Å². The Kier molecular flexibility index (Phi) is 5.14. The summed E-state index contributed by atoms with van der Waals surface area (Å²) in [7, 11) is 0. The zero-order valence-corrected chi connectivity index (χ0v) is 24.7. The minimum Gasteiger partial charge on any atom is -0.294 e. The van der Waals surface area contributed by atoms with E-state index in [9.17, 15) is 0 Å². The highest BCUT2D eigenvalue weighted by molar-refractivity contribution is 5.94. The molecule has 0 radical (unpaired) electrons. The zero-order valence-electron chi connectivity index (χ0n) is 24.7. The summed E-state index contributed by atoms with van der Waals surface area (Å²) < 4.78 is 2.35. The van der Waals surface area contributed by atoms with Crippen molar-refractivity contribution in [3.8, 4) is 51.0 Å². The van der Waals surface area contributed by atoms with Gasteiger partial charge in [0, 0.05) is 16.7 Å². The number of para-hydroxylation sites is 3. The van der Waals surface area contributed by atoms with E-state index in [-0.39, 0.29) is 0 Å². The van der Waals surface area contributed by atoms with Crippen LogP contribution in [0.15, 0.2) is 152 Å². The molecular weight excluding hydrogens is 562 g/mol. The second kappa shape index (κ2) is 9.40. The molecule has 1 aliphatic carbocycles. The fraction of sp³-hybridized carbons (Fsp3) is 0.0244. The minimum absolute atomic E-state index is 0.588. The van der Waals surface area contributed by atoms with Crippen molar-refractivity contribution in [2.24, 2.45) is 0 Å². The third-order valence-electron chi connectivity index (χ3n) is 9.45. The minimum atomic E-state index is -0.588. The van der Waals surface area contributed by atoms with Gasteiger partial charge in [-0.1, -0.05) is 133 Å². The summed E-state index contributed by atoms with van der Waals surface area (Å²) in [6.45, 7) is 0. The van der Waals surface area contributed by atoms with Gasteiger partial charge < -0.3 is 0 Å². The van der Waals surface area contributed by atoms with E-state index in [0.717, 1.165) is 39.2 Å². The van der Waals surface area contributed by atoms with Gasteiger partial charge in [0.05, 0.1) is 16.7 Å². The normalized spacial score (nSPS) is 13.4. The van der Waals surface area contributed by atoms with Crippen LogP contribution < -0.4 is 0 Å². The Balaban J connectivity index is 1.33. The quantitative estimate of drug-likeness (QED) is 0.207. The van der Waals surface area contributed by atoms with Crippen molar-refractivity contribution in [3.63, 3.8) is 0 Å². The number of benzene rings is 6. The lowest BCUT2D eigenvalue weighted by Crippen LogP contribution is -2.27. The lowest BCUT2D eigenvalue weighted by molar-refractivity contribution is 0.738. The second-order valence-corrected chi connectivity index (χ2v) is 11.8. The highest BCUT2D eigenvalue weighted by Crippen LogP contribution is 2.61. The molecule has 0 N–H and O–H groups in total. The summed E-state index contributed by atoms with van der Waals surface area (Å²) in [4.78, 5) is 20.7. The maximum Gasteiger partial charge on any atom is 0.166 e. The van der Waals surface area contributed by atoms with Crippen LogP contribution in [0.4, 0.5) is 0 Å². The summed E-state index contributed by atoms with van der Waals surface area (Å²) in [6, 6.07) is 52.8. The van der Waals surface area contributed by atoms with Gasteiger partial charge in [-0.05, 0) is 46.0 Å². The molecule has 0 fully saturated rings. The largest absolute Gasteiger partial charge is 0.294 e. The molecular formula is C41H25N5. The molecule has 10 rings (SSSR count). The van der Waals surface area contributed by atoms with E-state index in [0.29, 0.717) is 17.5 Å². The molecule has 0 bridgehead atoms. The second-order valence-electron chi connectivity index (χ2n) is 11.8. The molecule has 5 heteroatoms. The molecule has 6 aromatic carbocycles. The van der Waals surface area contributed by atoms with Crippen molar-refractivity contribution in [2.75, 3.05) is 0 Å². The Morgan fingerprint density at radius 2 is 0.891 bits per heavy atom. The number of fused-ring (bicyclic) bond motifs is 12. The number of rotatable bonds is 3. The number of hydrogen-bond acceptors (Lipinski definition) is 4. The van der Waals surface area contributed by atoms with Crippen molar-refractivity contribution in [1.82, 2.24) is 24.5 Å². The van der Waals surface area contributed by atoms with E-state index < -0.39 is 5.41 Å². The molecule has 8 aromatic rings. The predicted octanol–water partition coefficient (Wildman–Crippen LogP) is 8.89. The molecule has 0 saturated carbocycles. The highest BCUT2D eigenvalue weighted by Gasteiger charge is 2.54. The van der Waals surface area contributed by atoms with Crippen molar-refractivity contribution >= 4 is 11.0 Å². The van der Waals surface area contributed by atoms with E-state index in [2.05, 4.69) is 95.6 Å².